The van der Waals surface area contributed by atoms with Gasteiger partial charge in [-0.1, -0.05) is 11.6 Å². The molecule has 2 aromatic rings. The Hall–Kier alpha value is -2.40. The van der Waals surface area contributed by atoms with E-state index in [0.29, 0.717) is 34.9 Å². The van der Waals surface area contributed by atoms with Crippen molar-refractivity contribution in [3.05, 3.63) is 58.9 Å². The molecule has 2 amide bonds. The Balaban J connectivity index is 1.90. The van der Waals surface area contributed by atoms with Gasteiger partial charge in [-0.2, -0.15) is 0 Å². The molecule has 0 aliphatic carbocycles. The van der Waals surface area contributed by atoms with Gasteiger partial charge in [-0.05, 0) is 48.9 Å². The van der Waals surface area contributed by atoms with Gasteiger partial charge in [-0.15, -0.1) is 0 Å². The molecule has 4 nitrogen and oxygen atoms in total. The number of nitrogens with zero attached hydrogens (tertiary/aromatic N) is 1. The van der Waals surface area contributed by atoms with Crippen molar-refractivity contribution < 1.29 is 14.0 Å². The molecule has 6 heteroatoms. The summed E-state index contributed by atoms with van der Waals surface area (Å²) in [6.45, 7) is 0.565. The van der Waals surface area contributed by atoms with Crippen LogP contribution in [0.25, 0.3) is 0 Å². The van der Waals surface area contributed by atoms with E-state index < -0.39 is 0 Å². The first-order valence-electron chi connectivity index (χ1n) is 7.21. The molecule has 0 radical (unpaired) electrons. The molecule has 0 spiro atoms. The topological polar surface area (TPSA) is 49.4 Å². The van der Waals surface area contributed by atoms with Crippen LogP contribution in [-0.2, 0) is 4.79 Å². The summed E-state index contributed by atoms with van der Waals surface area (Å²) in [4.78, 5) is 26.0. The minimum absolute atomic E-state index is 0.0249. The maximum Gasteiger partial charge on any atom is 0.257 e. The van der Waals surface area contributed by atoms with Crippen LogP contribution in [0, 0.1) is 5.82 Å². The summed E-state index contributed by atoms with van der Waals surface area (Å²) in [7, 11) is 0. The van der Waals surface area contributed by atoms with Crippen molar-refractivity contribution >= 4 is 34.8 Å². The predicted molar refractivity (Wildman–Crippen MR) is 87.4 cm³/mol. The Labute approximate surface area is 137 Å². The summed E-state index contributed by atoms with van der Waals surface area (Å²) in [5.74, 6) is -0.774. The molecule has 23 heavy (non-hydrogen) atoms. The van der Waals surface area contributed by atoms with Crippen LogP contribution >= 0.6 is 11.6 Å². The number of rotatable bonds is 3. The highest BCUT2D eigenvalue weighted by atomic mass is 35.5. The van der Waals surface area contributed by atoms with Gasteiger partial charge in [0.15, 0.2) is 0 Å². The van der Waals surface area contributed by atoms with Gasteiger partial charge in [-0.25, -0.2) is 4.39 Å². The van der Waals surface area contributed by atoms with Crippen LogP contribution in [0.4, 0.5) is 15.8 Å². The van der Waals surface area contributed by atoms with Crippen LogP contribution in [0.5, 0.6) is 0 Å². The van der Waals surface area contributed by atoms with Crippen molar-refractivity contribution in [2.24, 2.45) is 0 Å². The monoisotopic (exact) mass is 332 g/mol. The summed E-state index contributed by atoms with van der Waals surface area (Å²) < 4.78 is 12.9. The van der Waals surface area contributed by atoms with E-state index in [1.807, 2.05) is 0 Å². The minimum atomic E-state index is -0.377. The largest absolute Gasteiger partial charge is 0.322 e. The van der Waals surface area contributed by atoms with Crippen LogP contribution in [0.2, 0.25) is 5.02 Å². The lowest BCUT2D eigenvalue weighted by atomic mass is 10.1. The van der Waals surface area contributed by atoms with Crippen LogP contribution in [-0.4, -0.2) is 18.4 Å². The van der Waals surface area contributed by atoms with E-state index in [-0.39, 0.29) is 17.6 Å². The van der Waals surface area contributed by atoms with Gasteiger partial charge >= 0.3 is 0 Å². The normalized spacial score (nSPS) is 14.2. The lowest BCUT2D eigenvalue weighted by Gasteiger charge is -2.19. The van der Waals surface area contributed by atoms with Crippen molar-refractivity contribution in [1.29, 1.82) is 0 Å². The predicted octanol–water partition coefficient (Wildman–Crippen LogP) is 3.86. The van der Waals surface area contributed by atoms with Crippen molar-refractivity contribution in [1.82, 2.24) is 0 Å². The van der Waals surface area contributed by atoms with E-state index in [1.54, 1.807) is 23.1 Å². The van der Waals surface area contributed by atoms with Crippen molar-refractivity contribution in [2.45, 2.75) is 12.8 Å². The molecule has 0 bridgehead atoms. The number of hydrogen-bond acceptors (Lipinski definition) is 2. The first-order valence-corrected chi connectivity index (χ1v) is 7.59. The van der Waals surface area contributed by atoms with E-state index in [9.17, 15) is 14.0 Å². The molecule has 1 aliphatic heterocycles. The van der Waals surface area contributed by atoms with Gasteiger partial charge in [0.05, 0.1) is 11.3 Å². The molecule has 3 rings (SSSR count). The van der Waals surface area contributed by atoms with E-state index in [4.69, 9.17) is 11.6 Å². The highest BCUT2D eigenvalue weighted by molar-refractivity contribution is 6.31. The first-order chi connectivity index (χ1) is 11.0. The molecule has 0 aromatic heterocycles. The number of carbonyl (C=O) groups is 2. The molecular formula is C17H14ClFN2O2. The van der Waals surface area contributed by atoms with Gasteiger partial charge in [0.25, 0.3) is 5.91 Å². The average Bonchev–Trinajstić information content (AvgIpc) is 2.95. The Morgan fingerprint density at radius 1 is 1.17 bits per heavy atom. The van der Waals surface area contributed by atoms with Gasteiger partial charge < -0.3 is 10.2 Å². The zero-order chi connectivity index (χ0) is 16.4. The molecule has 1 saturated heterocycles. The third-order valence-electron chi connectivity index (χ3n) is 3.67. The zero-order valence-corrected chi connectivity index (χ0v) is 12.9. The molecule has 1 aliphatic rings. The Bertz CT molecular complexity index is 762. The SMILES string of the molecule is O=C(Nc1ccc(F)cc1)c1ccc(Cl)cc1N1CCCC1=O. The van der Waals surface area contributed by atoms with Crippen molar-refractivity contribution in [3.8, 4) is 0 Å². The fraction of sp³-hybridized carbons (Fsp3) is 0.176. The second-order valence-corrected chi connectivity index (χ2v) is 5.71. The van der Waals surface area contributed by atoms with Gasteiger partial charge in [-0.3, -0.25) is 9.59 Å². The Morgan fingerprint density at radius 3 is 2.57 bits per heavy atom. The Morgan fingerprint density at radius 2 is 1.91 bits per heavy atom. The molecule has 118 valence electrons. The lowest BCUT2D eigenvalue weighted by molar-refractivity contribution is -0.117. The molecule has 1 heterocycles. The van der Waals surface area contributed by atoms with E-state index >= 15 is 0 Å². The average molecular weight is 333 g/mol. The molecule has 0 unspecified atom stereocenters. The molecular weight excluding hydrogens is 319 g/mol. The lowest BCUT2D eigenvalue weighted by Crippen LogP contribution is -2.27. The second kappa shape index (κ2) is 6.38. The minimum Gasteiger partial charge on any atom is -0.322 e. The maximum atomic E-state index is 12.9. The second-order valence-electron chi connectivity index (χ2n) is 5.27. The van der Waals surface area contributed by atoms with E-state index in [2.05, 4.69) is 5.32 Å². The van der Waals surface area contributed by atoms with Crippen LogP contribution in [0.1, 0.15) is 23.2 Å². The maximum absolute atomic E-state index is 12.9. The fourth-order valence-corrected chi connectivity index (χ4v) is 2.72. The van der Waals surface area contributed by atoms with Gasteiger partial charge in [0.1, 0.15) is 5.82 Å². The summed E-state index contributed by atoms with van der Waals surface area (Å²) in [6, 6.07) is 10.3. The molecule has 0 saturated carbocycles. The first kappa shape index (κ1) is 15.5. The quantitative estimate of drug-likeness (QED) is 0.928. The van der Waals surface area contributed by atoms with E-state index in [1.165, 1.54) is 24.3 Å². The van der Waals surface area contributed by atoms with E-state index in [0.717, 1.165) is 6.42 Å². The highest BCUT2D eigenvalue weighted by Gasteiger charge is 2.26. The third kappa shape index (κ3) is 3.35. The van der Waals surface area contributed by atoms with Gasteiger partial charge in [0, 0.05) is 23.7 Å². The third-order valence-corrected chi connectivity index (χ3v) is 3.91. The number of anilines is 2. The highest BCUT2D eigenvalue weighted by Crippen LogP contribution is 2.29. The standard InChI is InChI=1S/C17H14ClFN2O2/c18-11-3-8-14(15(10-11)21-9-1-2-16(21)22)17(23)20-13-6-4-12(19)5-7-13/h3-8,10H,1-2,9H2,(H,20,23). The van der Waals surface area contributed by atoms with Crippen LogP contribution in [0.3, 0.4) is 0 Å². The van der Waals surface area contributed by atoms with Crippen LogP contribution in [0.15, 0.2) is 42.5 Å². The van der Waals surface area contributed by atoms with Gasteiger partial charge in [0.2, 0.25) is 5.91 Å². The number of hydrogen-bond donors (Lipinski definition) is 1. The van der Waals surface area contributed by atoms with Crippen LogP contribution < -0.4 is 10.2 Å². The number of amides is 2. The van der Waals surface area contributed by atoms with Crippen molar-refractivity contribution in [2.75, 3.05) is 16.8 Å². The number of carbonyl (C=O) groups excluding carboxylic acids is 2. The Kier molecular flexibility index (Phi) is 4.30. The number of halogens is 2. The number of benzene rings is 2. The number of nitrogens with one attached hydrogen (secondary N) is 1. The molecule has 0 atom stereocenters. The summed E-state index contributed by atoms with van der Waals surface area (Å²) in [6.07, 6.45) is 1.22. The smallest absolute Gasteiger partial charge is 0.257 e. The summed E-state index contributed by atoms with van der Waals surface area (Å²) >= 11 is 6.01. The molecule has 1 N–H and O–H groups in total. The zero-order valence-electron chi connectivity index (χ0n) is 12.2. The molecule has 2 aromatic carbocycles. The summed E-state index contributed by atoms with van der Waals surface area (Å²) in [5, 5.41) is 3.15. The summed E-state index contributed by atoms with van der Waals surface area (Å²) in [5.41, 5.74) is 1.33. The van der Waals surface area contributed by atoms with Crippen molar-refractivity contribution in [3.63, 3.8) is 0 Å². The fourth-order valence-electron chi connectivity index (χ4n) is 2.55. The molecule has 1 fully saturated rings.